The Balaban J connectivity index is 2.81. The Morgan fingerprint density at radius 1 is 1.38 bits per heavy atom. The first-order valence-corrected chi connectivity index (χ1v) is 5.50. The molecular weight excluding hydrogens is 250 g/mol. The fourth-order valence-corrected chi connectivity index (χ4v) is 1.48. The van der Waals surface area contributed by atoms with E-state index in [1.54, 1.807) is 0 Å². The van der Waals surface area contributed by atoms with Crippen LogP contribution in [0.15, 0.2) is 0 Å². The van der Waals surface area contributed by atoms with Gasteiger partial charge in [0, 0.05) is 0 Å². The number of esters is 1. The van der Waals surface area contributed by atoms with Crippen molar-refractivity contribution in [1.82, 2.24) is 0 Å². The number of carbonyl (C=O) groups is 1. The van der Waals surface area contributed by atoms with Crippen molar-refractivity contribution in [3.05, 3.63) is 0 Å². The molecule has 1 aliphatic heterocycles. The molecule has 0 spiro atoms. The smallest absolute Gasteiger partial charge is 0.424 e. The Morgan fingerprint density at radius 3 is 2.19 bits per heavy atom. The van der Waals surface area contributed by atoms with Gasteiger partial charge in [-0.2, -0.15) is 25.6 Å². The van der Waals surface area contributed by atoms with Gasteiger partial charge < -0.3 is 4.74 Å². The molecule has 9 heteroatoms. The predicted octanol–water partition coefficient (Wildman–Crippen LogP) is 0.786. The van der Waals surface area contributed by atoms with E-state index in [1.807, 2.05) is 0 Å². The van der Waals surface area contributed by atoms with E-state index in [-0.39, 0.29) is 0 Å². The standard InChI is InChI=1S/C7H10F2O6S/c1-6(2,3)4(10)13-5-7(8,9)15-16(11,12)14-5/h5H,1-3H3. The molecule has 0 bridgehead atoms. The van der Waals surface area contributed by atoms with Gasteiger partial charge >= 0.3 is 28.8 Å². The molecule has 1 aliphatic rings. The largest absolute Gasteiger partial charge is 0.435 e. The van der Waals surface area contributed by atoms with Crippen LogP contribution in [0.3, 0.4) is 0 Å². The number of alkyl halides is 2. The fourth-order valence-electron chi connectivity index (χ4n) is 0.720. The lowest BCUT2D eigenvalue weighted by molar-refractivity contribution is -0.266. The van der Waals surface area contributed by atoms with E-state index in [4.69, 9.17) is 0 Å². The zero-order chi connectivity index (χ0) is 12.8. The highest BCUT2D eigenvalue weighted by Crippen LogP contribution is 2.35. The average molecular weight is 260 g/mol. The SMILES string of the molecule is CC(C)(C)C(=O)OC1OS(=O)(=O)OC1(F)F. The van der Waals surface area contributed by atoms with Crippen molar-refractivity contribution in [2.75, 3.05) is 0 Å². The van der Waals surface area contributed by atoms with Gasteiger partial charge in [0.1, 0.15) is 0 Å². The average Bonchev–Trinajstić information content (AvgIpc) is 2.17. The summed E-state index contributed by atoms with van der Waals surface area (Å²) in [6, 6.07) is 0. The van der Waals surface area contributed by atoms with Crippen LogP contribution in [-0.2, 0) is 28.3 Å². The summed E-state index contributed by atoms with van der Waals surface area (Å²) in [6.45, 7) is 4.24. The molecule has 1 rings (SSSR count). The lowest BCUT2D eigenvalue weighted by Gasteiger charge is -2.20. The monoisotopic (exact) mass is 260 g/mol. The Bertz CT molecular complexity index is 396. The third-order valence-electron chi connectivity index (χ3n) is 1.52. The van der Waals surface area contributed by atoms with Crippen molar-refractivity contribution in [1.29, 1.82) is 0 Å². The molecule has 0 aliphatic carbocycles. The second-order valence-corrected chi connectivity index (χ2v) is 5.31. The van der Waals surface area contributed by atoms with Gasteiger partial charge in [-0.15, -0.1) is 0 Å². The maximum Gasteiger partial charge on any atom is 0.435 e. The number of rotatable bonds is 1. The molecule has 1 saturated heterocycles. The van der Waals surface area contributed by atoms with Crippen molar-refractivity contribution in [3.8, 4) is 0 Å². The molecule has 0 saturated carbocycles. The van der Waals surface area contributed by atoms with Crippen LogP contribution in [0.5, 0.6) is 0 Å². The third-order valence-corrected chi connectivity index (χ3v) is 2.36. The van der Waals surface area contributed by atoms with Gasteiger partial charge in [-0.25, -0.2) is 0 Å². The maximum atomic E-state index is 12.8. The van der Waals surface area contributed by atoms with E-state index in [1.165, 1.54) is 20.8 Å². The van der Waals surface area contributed by atoms with Crippen LogP contribution < -0.4 is 0 Å². The van der Waals surface area contributed by atoms with Crippen molar-refractivity contribution in [3.63, 3.8) is 0 Å². The molecule has 0 aromatic carbocycles. The quantitative estimate of drug-likeness (QED) is 0.648. The Kier molecular flexibility index (Phi) is 2.99. The summed E-state index contributed by atoms with van der Waals surface area (Å²) in [6.07, 6.45) is -6.79. The molecule has 6 nitrogen and oxygen atoms in total. The molecule has 1 heterocycles. The summed E-state index contributed by atoms with van der Waals surface area (Å²) >= 11 is 0. The van der Waals surface area contributed by atoms with Crippen molar-refractivity contribution >= 4 is 16.4 Å². The lowest BCUT2D eigenvalue weighted by Crippen LogP contribution is -2.37. The molecule has 0 N–H and O–H groups in total. The first kappa shape index (κ1) is 13.3. The van der Waals surface area contributed by atoms with Gasteiger partial charge in [0.2, 0.25) is 0 Å². The van der Waals surface area contributed by atoms with E-state index in [0.29, 0.717) is 0 Å². The van der Waals surface area contributed by atoms with Crippen molar-refractivity contribution < 1.29 is 35.1 Å². The minimum atomic E-state index is -4.82. The second kappa shape index (κ2) is 3.60. The molecule has 1 unspecified atom stereocenters. The van der Waals surface area contributed by atoms with E-state index in [9.17, 15) is 22.0 Å². The molecule has 16 heavy (non-hydrogen) atoms. The van der Waals surface area contributed by atoms with Gasteiger partial charge in [0.25, 0.3) is 0 Å². The number of hydrogen-bond donors (Lipinski definition) is 0. The molecule has 0 aromatic rings. The normalized spacial score (nSPS) is 27.7. The van der Waals surface area contributed by atoms with Crippen LogP contribution in [0.25, 0.3) is 0 Å². The van der Waals surface area contributed by atoms with Crippen molar-refractivity contribution in [2.45, 2.75) is 33.2 Å². The summed E-state index contributed by atoms with van der Waals surface area (Å²) in [5.74, 6) is -1.03. The van der Waals surface area contributed by atoms with Crippen LogP contribution in [0, 0.1) is 5.41 Å². The Labute approximate surface area is 90.8 Å². The zero-order valence-corrected chi connectivity index (χ0v) is 9.51. The van der Waals surface area contributed by atoms with E-state index < -0.39 is 34.2 Å². The summed E-state index contributed by atoms with van der Waals surface area (Å²) in [7, 11) is -4.82. The minimum absolute atomic E-state index is 1.03. The summed E-state index contributed by atoms with van der Waals surface area (Å²) in [4.78, 5) is 11.2. The van der Waals surface area contributed by atoms with Crippen molar-refractivity contribution in [2.24, 2.45) is 5.41 Å². The van der Waals surface area contributed by atoms with Gasteiger partial charge in [-0.3, -0.25) is 4.79 Å². The molecule has 1 atom stereocenters. The Hall–Kier alpha value is -0.800. The highest BCUT2D eigenvalue weighted by Gasteiger charge is 2.59. The highest BCUT2D eigenvalue weighted by molar-refractivity contribution is 7.82. The topological polar surface area (TPSA) is 78.9 Å². The van der Waals surface area contributed by atoms with Crippen LogP contribution >= 0.6 is 0 Å². The molecular formula is C7H10F2O6S. The first-order chi connectivity index (χ1) is 6.94. The summed E-state index contributed by atoms with van der Waals surface area (Å²) < 4.78 is 58.1. The predicted molar refractivity (Wildman–Crippen MR) is 45.4 cm³/mol. The molecule has 94 valence electrons. The van der Waals surface area contributed by atoms with Crippen LogP contribution in [0.2, 0.25) is 0 Å². The third kappa shape index (κ3) is 2.86. The Morgan fingerprint density at radius 2 is 1.88 bits per heavy atom. The van der Waals surface area contributed by atoms with E-state index in [0.717, 1.165) is 0 Å². The first-order valence-electron chi connectivity index (χ1n) is 4.17. The van der Waals surface area contributed by atoms with Crippen LogP contribution in [-0.4, -0.2) is 26.8 Å². The number of halogens is 2. The van der Waals surface area contributed by atoms with Crippen LogP contribution in [0.1, 0.15) is 20.8 Å². The highest BCUT2D eigenvalue weighted by atomic mass is 32.3. The van der Waals surface area contributed by atoms with Gasteiger partial charge in [-0.05, 0) is 20.8 Å². The molecule has 1 fully saturated rings. The number of hydrogen-bond acceptors (Lipinski definition) is 6. The zero-order valence-electron chi connectivity index (χ0n) is 8.69. The van der Waals surface area contributed by atoms with Crippen LogP contribution in [0.4, 0.5) is 8.78 Å². The fraction of sp³-hybridized carbons (Fsp3) is 0.857. The van der Waals surface area contributed by atoms with E-state index >= 15 is 0 Å². The van der Waals surface area contributed by atoms with Gasteiger partial charge in [0.05, 0.1) is 5.41 Å². The minimum Gasteiger partial charge on any atom is -0.424 e. The lowest BCUT2D eigenvalue weighted by atomic mass is 9.97. The molecule has 0 aromatic heterocycles. The molecule has 0 radical (unpaired) electrons. The summed E-state index contributed by atoms with van der Waals surface area (Å²) in [5.41, 5.74) is -1.06. The van der Waals surface area contributed by atoms with E-state index in [2.05, 4.69) is 13.1 Å². The second-order valence-electron chi connectivity index (χ2n) is 4.14. The number of carbonyl (C=O) groups excluding carboxylic acids is 1. The maximum absolute atomic E-state index is 12.8. The molecule has 0 amide bonds. The summed E-state index contributed by atoms with van der Waals surface area (Å²) in [5, 5.41) is 0. The number of ether oxygens (including phenoxy) is 1. The van der Waals surface area contributed by atoms with Gasteiger partial charge in [-0.1, -0.05) is 0 Å². The van der Waals surface area contributed by atoms with Gasteiger partial charge in [0.15, 0.2) is 0 Å².